The molecule has 25 heavy (non-hydrogen) atoms. The van der Waals surface area contributed by atoms with Gasteiger partial charge in [0, 0.05) is 25.6 Å². The van der Waals surface area contributed by atoms with Crippen LogP contribution >= 0.6 is 0 Å². The summed E-state index contributed by atoms with van der Waals surface area (Å²) in [7, 11) is 3.63. The van der Waals surface area contributed by atoms with Gasteiger partial charge in [-0.05, 0) is 32.1 Å². The lowest BCUT2D eigenvalue weighted by atomic mass is 9.76. The Labute approximate surface area is 157 Å². The van der Waals surface area contributed by atoms with E-state index in [1.165, 1.54) is 70.6 Å². The van der Waals surface area contributed by atoms with Crippen molar-refractivity contribution in [2.24, 2.45) is 11.3 Å². The molecule has 1 saturated heterocycles. The Morgan fingerprint density at radius 1 is 0.880 bits per heavy atom. The molecule has 1 aliphatic heterocycles. The van der Waals surface area contributed by atoms with Gasteiger partial charge < -0.3 is 14.2 Å². The van der Waals surface area contributed by atoms with Crippen molar-refractivity contribution in [1.29, 1.82) is 0 Å². The molecule has 0 aromatic heterocycles. The second-order valence-electron chi connectivity index (χ2n) is 8.07. The van der Waals surface area contributed by atoms with Gasteiger partial charge in [-0.1, -0.05) is 65.7 Å². The topological polar surface area (TPSA) is 27.7 Å². The lowest BCUT2D eigenvalue weighted by Crippen LogP contribution is -2.43. The summed E-state index contributed by atoms with van der Waals surface area (Å²) in [6, 6.07) is 0. The Morgan fingerprint density at radius 2 is 1.48 bits per heavy atom. The van der Waals surface area contributed by atoms with Gasteiger partial charge in [-0.2, -0.15) is 0 Å². The third-order valence-electron chi connectivity index (χ3n) is 6.54. The van der Waals surface area contributed by atoms with Crippen LogP contribution in [0.2, 0.25) is 0 Å². The molecule has 150 valence electrons. The maximum absolute atomic E-state index is 5.90. The molecule has 1 aliphatic rings. The zero-order valence-electron chi connectivity index (χ0n) is 17.7. The fourth-order valence-corrected chi connectivity index (χ4v) is 4.39. The zero-order valence-corrected chi connectivity index (χ0v) is 17.7. The number of methoxy groups -OCH3 is 2. The average molecular weight is 357 g/mol. The summed E-state index contributed by atoms with van der Waals surface area (Å²) >= 11 is 0. The molecule has 1 rings (SSSR count). The highest BCUT2D eigenvalue weighted by Crippen LogP contribution is 2.40. The SMILES string of the molecule is CCCCCCCCC(CCCC1(CC)COC1)C(CC)(OC)OC. The Balaban J connectivity index is 2.49. The van der Waals surface area contributed by atoms with E-state index in [-0.39, 0.29) is 0 Å². The van der Waals surface area contributed by atoms with Crippen LogP contribution in [0.1, 0.15) is 97.8 Å². The van der Waals surface area contributed by atoms with Crippen molar-refractivity contribution in [2.75, 3.05) is 27.4 Å². The van der Waals surface area contributed by atoms with Crippen LogP contribution in [-0.4, -0.2) is 33.2 Å². The van der Waals surface area contributed by atoms with Gasteiger partial charge in [0.25, 0.3) is 0 Å². The molecule has 0 spiro atoms. The third-order valence-corrected chi connectivity index (χ3v) is 6.54. The van der Waals surface area contributed by atoms with Gasteiger partial charge >= 0.3 is 0 Å². The van der Waals surface area contributed by atoms with Crippen molar-refractivity contribution in [3.63, 3.8) is 0 Å². The van der Waals surface area contributed by atoms with Gasteiger partial charge in [0.2, 0.25) is 0 Å². The van der Waals surface area contributed by atoms with Gasteiger partial charge in [-0.25, -0.2) is 0 Å². The van der Waals surface area contributed by atoms with Crippen LogP contribution in [0.4, 0.5) is 0 Å². The highest BCUT2D eigenvalue weighted by atomic mass is 16.7. The minimum absolute atomic E-state index is 0.404. The Hall–Kier alpha value is -0.120. The van der Waals surface area contributed by atoms with Crippen molar-refractivity contribution in [1.82, 2.24) is 0 Å². The summed E-state index contributed by atoms with van der Waals surface area (Å²) in [6.07, 6.45) is 15.2. The molecular formula is C22H44O3. The van der Waals surface area contributed by atoms with E-state index in [1.807, 2.05) is 14.2 Å². The second-order valence-corrected chi connectivity index (χ2v) is 8.07. The molecule has 1 heterocycles. The van der Waals surface area contributed by atoms with Crippen molar-refractivity contribution in [3.05, 3.63) is 0 Å². The molecule has 0 aliphatic carbocycles. The Bertz CT molecular complexity index is 307. The molecule has 0 N–H and O–H groups in total. The molecule has 1 fully saturated rings. The summed E-state index contributed by atoms with van der Waals surface area (Å²) in [5.74, 6) is 0.0902. The number of hydrogen-bond acceptors (Lipinski definition) is 3. The fraction of sp³-hybridized carbons (Fsp3) is 1.00. The van der Waals surface area contributed by atoms with E-state index in [1.54, 1.807) is 0 Å². The lowest BCUT2D eigenvalue weighted by Gasteiger charge is -2.42. The summed E-state index contributed by atoms with van der Waals surface area (Å²) in [6.45, 7) is 8.68. The molecule has 1 unspecified atom stereocenters. The number of rotatable bonds is 16. The van der Waals surface area contributed by atoms with Crippen LogP contribution in [0.5, 0.6) is 0 Å². The molecule has 0 aromatic rings. The van der Waals surface area contributed by atoms with Gasteiger partial charge in [0.1, 0.15) is 0 Å². The van der Waals surface area contributed by atoms with Crippen LogP contribution in [-0.2, 0) is 14.2 Å². The minimum atomic E-state index is -0.404. The maximum atomic E-state index is 5.90. The van der Waals surface area contributed by atoms with E-state index < -0.39 is 5.79 Å². The quantitative estimate of drug-likeness (QED) is 0.238. The minimum Gasteiger partial charge on any atom is -0.380 e. The van der Waals surface area contributed by atoms with Crippen molar-refractivity contribution < 1.29 is 14.2 Å². The van der Waals surface area contributed by atoms with Crippen molar-refractivity contribution in [2.45, 2.75) is 104 Å². The normalized spacial score (nSPS) is 18.1. The second kappa shape index (κ2) is 12.3. The van der Waals surface area contributed by atoms with Crippen LogP contribution in [0.3, 0.4) is 0 Å². The number of unbranched alkanes of at least 4 members (excludes halogenated alkanes) is 5. The molecule has 0 saturated carbocycles. The van der Waals surface area contributed by atoms with Gasteiger partial charge in [-0.15, -0.1) is 0 Å². The number of ether oxygens (including phenoxy) is 3. The number of hydrogen-bond donors (Lipinski definition) is 0. The molecule has 3 heteroatoms. The van der Waals surface area contributed by atoms with E-state index in [0.717, 1.165) is 19.6 Å². The highest BCUT2D eigenvalue weighted by Gasteiger charge is 2.39. The fourth-order valence-electron chi connectivity index (χ4n) is 4.39. The smallest absolute Gasteiger partial charge is 0.170 e. The molecular weight excluding hydrogens is 312 g/mol. The van der Waals surface area contributed by atoms with Gasteiger partial charge in [0.05, 0.1) is 13.2 Å². The first-order valence-corrected chi connectivity index (χ1v) is 10.8. The van der Waals surface area contributed by atoms with Crippen molar-refractivity contribution >= 4 is 0 Å². The highest BCUT2D eigenvalue weighted by molar-refractivity contribution is 4.85. The van der Waals surface area contributed by atoms with E-state index in [9.17, 15) is 0 Å². The predicted octanol–water partition coefficient (Wildman–Crippen LogP) is 6.35. The molecule has 0 bridgehead atoms. The first kappa shape index (κ1) is 22.9. The third kappa shape index (κ3) is 6.84. The Morgan fingerprint density at radius 3 is 1.96 bits per heavy atom. The lowest BCUT2D eigenvalue weighted by molar-refractivity contribution is -0.245. The van der Waals surface area contributed by atoms with E-state index in [4.69, 9.17) is 14.2 Å². The molecule has 3 nitrogen and oxygen atoms in total. The molecule has 0 radical (unpaired) electrons. The summed E-state index contributed by atoms with van der Waals surface area (Å²) < 4.78 is 17.3. The van der Waals surface area contributed by atoms with Gasteiger partial charge in [0.15, 0.2) is 5.79 Å². The van der Waals surface area contributed by atoms with Crippen LogP contribution in [0.15, 0.2) is 0 Å². The van der Waals surface area contributed by atoms with E-state index in [0.29, 0.717) is 11.3 Å². The van der Waals surface area contributed by atoms with Crippen LogP contribution in [0.25, 0.3) is 0 Å². The van der Waals surface area contributed by atoms with E-state index in [2.05, 4.69) is 20.8 Å². The first-order valence-electron chi connectivity index (χ1n) is 10.8. The Kier molecular flexibility index (Phi) is 11.3. The van der Waals surface area contributed by atoms with Gasteiger partial charge in [-0.3, -0.25) is 0 Å². The molecule has 1 atom stereocenters. The molecule has 0 aromatic carbocycles. The maximum Gasteiger partial charge on any atom is 0.170 e. The monoisotopic (exact) mass is 356 g/mol. The van der Waals surface area contributed by atoms with Crippen molar-refractivity contribution in [3.8, 4) is 0 Å². The molecule has 0 amide bonds. The van der Waals surface area contributed by atoms with Crippen LogP contribution < -0.4 is 0 Å². The largest absolute Gasteiger partial charge is 0.380 e. The predicted molar refractivity (Wildman–Crippen MR) is 106 cm³/mol. The first-order chi connectivity index (χ1) is 12.1. The summed E-state index contributed by atoms with van der Waals surface area (Å²) in [5.41, 5.74) is 0.458. The summed E-state index contributed by atoms with van der Waals surface area (Å²) in [5, 5.41) is 0. The standard InChI is InChI=1S/C22H44O3/c1-6-9-10-11-12-13-15-20(22(8-3,23-4)24-5)16-14-17-21(7-2)18-25-19-21/h20H,6-19H2,1-5H3. The average Bonchev–Trinajstić information content (AvgIpc) is 2.61. The summed E-state index contributed by atoms with van der Waals surface area (Å²) in [4.78, 5) is 0. The van der Waals surface area contributed by atoms with E-state index >= 15 is 0 Å². The zero-order chi connectivity index (χ0) is 18.6. The van der Waals surface area contributed by atoms with Crippen LogP contribution in [0, 0.1) is 11.3 Å².